The monoisotopic (exact) mass is 210 g/mol. The van der Waals surface area contributed by atoms with Gasteiger partial charge in [0.1, 0.15) is 5.54 Å². The molecule has 15 heavy (non-hydrogen) atoms. The Morgan fingerprint density at radius 1 is 1.40 bits per heavy atom. The zero-order chi connectivity index (χ0) is 10.5. The molecule has 1 saturated carbocycles. The number of carbonyl (C=O) groups is 2. The summed E-state index contributed by atoms with van der Waals surface area (Å²) in [5.41, 5.74) is -0.564. The SMILES string of the molecule is O=C1NC2(CCCC2)C(=O)N1CC1CO1. The minimum Gasteiger partial charge on any atom is -0.371 e. The average molecular weight is 210 g/mol. The lowest BCUT2D eigenvalue weighted by Gasteiger charge is -2.19. The minimum atomic E-state index is -0.564. The summed E-state index contributed by atoms with van der Waals surface area (Å²) in [6.07, 6.45) is 3.72. The van der Waals surface area contributed by atoms with Crippen molar-refractivity contribution in [2.45, 2.75) is 37.3 Å². The van der Waals surface area contributed by atoms with Crippen molar-refractivity contribution in [3.05, 3.63) is 0 Å². The fourth-order valence-electron chi connectivity index (χ4n) is 2.54. The van der Waals surface area contributed by atoms with Crippen LogP contribution in [0.2, 0.25) is 0 Å². The van der Waals surface area contributed by atoms with E-state index < -0.39 is 5.54 Å². The normalized spacial score (nSPS) is 32.5. The highest BCUT2D eigenvalue weighted by molar-refractivity contribution is 6.07. The smallest absolute Gasteiger partial charge is 0.325 e. The van der Waals surface area contributed by atoms with Gasteiger partial charge in [0, 0.05) is 0 Å². The summed E-state index contributed by atoms with van der Waals surface area (Å²) in [6.45, 7) is 1.09. The van der Waals surface area contributed by atoms with Crippen LogP contribution in [0.4, 0.5) is 4.79 Å². The molecule has 5 heteroatoms. The van der Waals surface area contributed by atoms with Crippen LogP contribution in [0.3, 0.4) is 0 Å². The Balaban J connectivity index is 1.79. The van der Waals surface area contributed by atoms with Crippen LogP contribution < -0.4 is 5.32 Å². The van der Waals surface area contributed by atoms with E-state index in [9.17, 15) is 9.59 Å². The molecule has 82 valence electrons. The molecule has 2 saturated heterocycles. The van der Waals surface area contributed by atoms with Crippen LogP contribution >= 0.6 is 0 Å². The molecule has 1 spiro atoms. The number of hydrogen-bond donors (Lipinski definition) is 1. The van der Waals surface area contributed by atoms with Gasteiger partial charge in [0.05, 0.1) is 19.3 Å². The van der Waals surface area contributed by atoms with Crippen LogP contribution in [-0.2, 0) is 9.53 Å². The molecule has 2 aliphatic heterocycles. The molecule has 1 N–H and O–H groups in total. The largest absolute Gasteiger partial charge is 0.371 e. The van der Waals surface area contributed by atoms with Crippen molar-refractivity contribution >= 4 is 11.9 Å². The molecular weight excluding hydrogens is 196 g/mol. The lowest BCUT2D eigenvalue weighted by atomic mass is 9.98. The van der Waals surface area contributed by atoms with Gasteiger partial charge in [0.15, 0.2) is 0 Å². The van der Waals surface area contributed by atoms with E-state index in [0.29, 0.717) is 13.2 Å². The topological polar surface area (TPSA) is 61.9 Å². The molecule has 2 heterocycles. The Labute approximate surface area is 87.8 Å². The third kappa shape index (κ3) is 1.33. The van der Waals surface area contributed by atoms with Gasteiger partial charge in [-0.15, -0.1) is 0 Å². The molecule has 0 aromatic rings. The summed E-state index contributed by atoms with van der Waals surface area (Å²) >= 11 is 0. The quantitative estimate of drug-likeness (QED) is 0.525. The molecule has 0 aromatic heterocycles. The second-order valence-corrected chi connectivity index (χ2v) is 4.59. The highest BCUT2D eigenvalue weighted by Crippen LogP contribution is 2.35. The van der Waals surface area contributed by atoms with E-state index in [1.54, 1.807) is 0 Å². The van der Waals surface area contributed by atoms with Gasteiger partial charge in [-0.3, -0.25) is 9.69 Å². The van der Waals surface area contributed by atoms with E-state index >= 15 is 0 Å². The molecule has 0 radical (unpaired) electrons. The number of carbonyl (C=O) groups excluding carboxylic acids is 2. The number of urea groups is 1. The maximum atomic E-state index is 12.1. The van der Waals surface area contributed by atoms with E-state index in [-0.39, 0.29) is 18.0 Å². The second-order valence-electron chi connectivity index (χ2n) is 4.59. The summed E-state index contributed by atoms with van der Waals surface area (Å²) in [5.74, 6) is -0.0412. The summed E-state index contributed by atoms with van der Waals surface area (Å²) in [5, 5.41) is 2.84. The Hall–Kier alpha value is -1.10. The highest BCUT2D eigenvalue weighted by Gasteiger charge is 2.53. The van der Waals surface area contributed by atoms with Crippen LogP contribution in [0.25, 0.3) is 0 Å². The Bertz CT molecular complexity index is 319. The molecule has 1 aliphatic carbocycles. The molecule has 3 aliphatic rings. The van der Waals surface area contributed by atoms with Crippen molar-refractivity contribution in [3.8, 4) is 0 Å². The Morgan fingerprint density at radius 2 is 2.07 bits per heavy atom. The zero-order valence-electron chi connectivity index (χ0n) is 8.49. The number of rotatable bonds is 2. The highest BCUT2D eigenvalue weighted by atomic mass is 16.6. The van der Waals surface area contributed by atoms with E-state index in [1.165, 1.54) is 4.90 Å². The number of amides is 3. The molecule has 3 rings (SSSR count). The fourth-order valence-corrected chi connectivity index (χ4v) is 2.54. The van der Waals surface area contributed by atoms with Gasteiger partial charge in [-0.1, -0.05) is 12.8 Å². The molecule has 5 nitrogen and oxygen atoms in total. The van der Waals surface area contributed by atoms with Crippen molar-refractivity contribution < 1.29 is 14.3 Å². The predicted octanol–water partition coefficient (Wildman–Crippen LogP) is 0.250. The van der Waals surface area contributed by atoms with Crippen molar-refractivity contribution in [2.24, 2.45) is 0 Å². The average Bonchev–Trinajstić information content (AvgIpc) is 2.87. The summed E-state index contributed by atoms with van der Waals surface area (Å²) in [7, 11) is 0. The van der Waals surface area contributed by atoms with Crippen molar-refractivity contribution in [2.75, 3.05) is 13.2 Å². The molecule has 3 fully saturated rings. The fraction of sp³-hybridized carbons (Fsp3) is 0.800. The molecule has 0 bridgehead atoms. The van der Waals surface area contributed by atoms with Crippen molar-refractivity contribution in [1.82, 2.24) is 10.2 Å². The lowest BCUT2D eigenvalue weighted by molar-refractivity contribution is -0.131. The van der Waals surface area contributed by atoms with Gasteiger partial charge in [0.2, 0.25) is 0 Å². The van der Waals surface area contributed by atoms with Crippen LogP contribution in [0.15, 0.2) is 0 Å². The minimum absolute atomic E-state index is 0.0412. The maximum absolute atomic E-state index is 12.1. The van der Waals surface area contributed by atoms with Crippen LogP contribution in [0, 0.1) is 0 Å². The van der Waals surface area contributed by atoms with Gasteiger partial charge in [-0.25, -0.2) is 4.79 Å². The number of nitrogens with zero attached hydrogens (tertiary/aromatic N) is 1. The maximum Gasteiger partial charge on any atom is 0.325 e. The first kappa shape index (κ1) is 9.15. The summed E-state index contributed by atoms with van der Waals surface area (Å²) in [6, 6.07) is -0.239. The first-order chi connectivity index (χ1) is 7.21. The summed E-state index contributed by atoms with van der Waals surface area (Å²) in [4.78, 5) is 25.1. The van der Waals surface area contributed by atoms with E-state index in [4.69, 9.17) is 4.74 Å². The predicted molar refractivity (Wildman–Crippen MR) is 51.2 cm³/mol. The first-order valence-electron chi connectivity index (χ1n) is 5.47. The van der Waals surface area contributed by atoms with Gasteiger partial charge in [-0.05, 0) is 12.8 Å². The zero-order valence-corrected chi connectivity index (χ0v) is 8.49. The van der Waals surface area contributed by atoms with Gasteiger partial charge in [0.25, 0.3) is 5.91 Å². The molecule has 1 unspecified atom stereocenters. The number of imide groups is 1. The Morgan fingerprint density at radius 3 is 2.67 bits per heavy atom. The number of nitrogens with one attached hydrogen (secondary N) is 1. The Kier molecular flexibility index (Phi) is 1.80. The molecule has 3 amide bonds. The molecule has 1 atom stereocenters. The van der Waals surface area contributed by atoms with E-state index in [2.05, 4.69) is 5.32 Å². The number of ether oxygens (including phenoxy) is 1. The van der Waals surface area contributed by atoms with Crippen LogP contribution in [0.5, 0.6) is 0 Å². The summed E-state index contributed by atoms with van der Waals surface area (Å²) < 4.78 is 5.04. The molecule has 0 aromatic carbocycles. The van der Waals surface area contributed by atoms with Crippen molar-refractivity contribution in [1.29, 1.82) is 0 Å². The number of hydrogen-bond acceptors (Lipinski definition) is 3. The van der Waals surface area contributed by atoms with Gasteiger partial charge < -0.3 is 10.1 Å². The van der Waals surface area contributed by atoms with E-state index in [0.717, 1.165) is 25.7 Å². The van der Waals surface area contributed by atoms with Crippen LogP contribution in [0.1, 0.15) is 25.7 Å². The van der Waals surface area contributed by atoms with Gasteiger partial charge in [-0.2, -0.15) is 0 Å². The third-order valence-corrected chi connectivity index (χ3v) is 3.49. The number of epoxide rings is 1. The molecular formula is C10H14N2O3. The van der Waals surface area contributed by atoms with Crippen LogP contribution in [-0.4, -0.2) is 41.6 Å². The third-order valence-electron chi connectivity index (χ3n) is 3.49. The lowest BCUT2D eigenvalue weighted by Crippen LogP contribution is -2.44. The van der Waals surface area contributed by atoms with E-state index in [1.807, 2.05) is 0 Å². The van der Waals surface area contributed by atoms with Gasteiger partial charge >= 0.3 is 6.03 Å². The standard InChI is InChI=1S/C10H14N2O3/c13-8-10(3-1-2-4-10)11-9(14)12(8)5-7-6-15-7/h7H,1-6H2,(H,11,14). The second kappa shape index (κ2) is 2.95. The van der Waals surface area contributed by atoms with Crippen molar-refractivity contribution in [3.63, 3.8) is 0 Å². The first-order valence-corrected chi connectivity index (χ1v) is 5.47.